The lowest BCUT2D eigenvalue weighted by atomic mass is 9.95. The highest BCUT2D eigenvalue weighted by Gasteiger charge is 2.30. The third-order valence-electron chi connectivity index (χ3n) is 7.40. The van der Waals surface area contributed by atoms with Gasteiger partial charge in [-0.2, -0.15) is 0 Å². The van der Waals surface area contributed by atoms with Crippen molar-refractivity contribution < 1.29 is 49.8 Å². The molecule has 1 aromatic heterocycles. The molecule has 1 heterocycles. The molecule has 0 bridgehead atoms. The summed E-state index contributed by atoms with van der Waals surface area (Å²) in [5.41, 5.74) is -6.81. The third kappa shape index (κ3) is 5.40. The first kappa shape index (κ1) is 11.6. The zero-order valence-electron chi connectivity index (χ0n) is 58.2. The van der Waals surface area contributed by atoms with Crippen LogP contribution in [0.15, 0.2) is 199 Å². The van der Waals surface area contributed by atoms with Crippen LogP contribution in [-0.2, 0) is 4.57 Å². The Morgan fingerprint density at radius 2 is 1.00 bits per heavy atom. The molecule has 0 amide bonds. The molecule has 242 valence electrons. The first-order valence-electron chi connectivity index (χ1n) is 31.0. The van der Waals surface area contributed by atoms with Crippen LogP contribution < -0.4 is 20.8 Å². The predicted molar refractivity (Wildman–Crippen MR) is 216 cm³/mol. The molecule has 3 nitrogen and oxygen atoms in total. The number of pyridine rings is 1. The van der Waals surface area contributed by atoms with Crippen LogP contribution in [0.5, 0.6) is 0 Å². The molecule has 0 aliphatic rings. The zero-order valence-corrected chi connectivity index (χ0v) is 26.1. The van der Waals surface area contributed by atoms with Crippen molar-refractivity contribution in [1.82, 2.24) is 4.98 Å². The molecule has 8 aromatic carbocycles. The van der Waals surface area contributed by atoms with E-state index in [2.05, 4.69) is 4.98 Å². The zero-order chi connectivity index (χ0) is 62.9. The van der Waals surface area contributed by atoms with Gasteiger partial charge in [-0.15, -0.1) is 0 Å². The Balaban J connectivity index is 1.63. The number of para-hydroxylation sites is 2. The van der Waals surface area contributed by atoms with Crippen LogP contribution >= 0.6 is 7.14 Å². The second-order valence-electron chi connectivity index (χ2n) is 10.2. The first-order chi connectivity index (χ1) is 38.9. The van der Waals surface area contributed by atoms with Crippen LogP contribution in [-0.4, -0.2) is 4.98 Å². The second kappa shape index (κ2) is 12.9. The Morgan fingerprint density at radius 3 is 1.65 bits per heavy atom. The van der Waals surface area contributed by atoms with Gasteiger partial charge < -0.3 is 9.46 Å². The normalized spacial score (nSPS) is 20.7. The van der Waals surface area contributed by atoms with E-state index < -0.39 is 283 Å². The maximum atomic E-state index is 16.8. The molecular weight excluding hydrogens is 640 g/mol. The van der Waals surface area contributed by atoms with Crippen molar-refractivity contribution >= 4 is 72.6 Å². The van der Waals surface area contributed by atoms with Crippen molar-refractivity contribution in [2.24, 2.45) is 0 Å². The van der Waals surface area contributed by atoms with Crippen molar-refractivity contribution in [3.8, 4) is 11.3 Å². The summed E-state index contributed by atoms with van der Waals surface area (Å²) in [6, 6.07) is -39.6. The fourth-order valence-electron chi connectivity index (χ4n) is 5.24. The van der Waals surface area contributed by atoms with Gasteiger partial charge in [0.05, 0.1) is 56.4 Å². The standard InChI is InChI=1S/C47H33N2OP/c50-51(39-22-9-3-10-23-39,40-24-11-4-12-25-40)41-26-15-17-35(32-41)47-44-30-28-34-16-13-14-27-42(34)46(44)43-31-29-38(33-45(43)48-47)49(36-18-5-1-6-19-36)37-20-7-2-8-21-37/h1-33H/i1D,2D,3D,4D,5D,6D,7D,8D,9D,10D,11D,12D,13D,14D,15D,16D,17D,18D,19D,20D,21D,22D,23D,24D,25D,26D,27D,28D,29D,30D,31D,32D,33D. The summed E-state index contributed by atoms with van der Waals surface area (Å²) in [6.07, 6.45) is 0. The van der Waals surface area contributed by atoms with E-state index in [1.165, 1.54) is 0 Å². The topological polar surface area (TPSA) is 33.2 Å². The Kier molecular flexibility index (Phi) is 2.94. The van der Waals surface area contributed by atoms with Gasteiger partial charge in [0.1, 0.15) is 0 Å². The quantitative estimate of drug-likeness (QED) is 0.122. The number of rotatable bonds is 7. The van der Waals surface area contributed by atoms with Gasteiger partial charge in [-0.3, -0.25) is 0 Å². The fourth-order valence-corrected chi connectivity index (χ4v) is 7.25. The molecule has 0 radical (unpaired) electrons. The molecule has 4 heteroatoms. The van der Waals surface area contributed by atoms with Gasteiger partial charge in [-0.1, -0.05) is 157 Å². The third-order valence-corrected chi connectivity index (χ3v) is 9.96. The molecule has 0 aliphatic heterocycles. The average molecular weight is 706 g/mol. The number of aromatic nitrogens is 1. The second-order valence-corrected chi connectivity index (χ2v) is 12.8. The first-order valence-corrected chi connectivity index (χ1v) is 16.2. The minimum absolute atomic E-state index is 0.318. The highest BCUT2D eigenvalue weighted by Crippen LogP contribution is 2.44. The molecule has 0 spiro atoms. The lowest BCUT2D eigenvalue weighted by molar-refractivity contribution is 0.592. The lowest BCUT2D eigenvalue weighted by Crippen LogP contribution is -2.25. The highest BCUT2D eigenvalue weighted by molar-refractivity contribution is 7.85. The molecule has 0 unspecified atom stereocenters. The number of anilines is 3. The number of hydrogen-bond donors (Lipinski definition) is 0. The van der Waals surface area contributed by atoms with E-state index in [9.17, 15) is 13.7 Å². The van der Waals surface area contributed by atoms with Gasteiger partial charge in [0.2, 0.25) is 0 Å². The summed E-state index contributed by atoms with van der Waals surface area (Å²) in [7, 11) is -6.14. The number of benzene rings is 8. The number of hydrogen-bond acceptors (Lipinski definition) is 3. The van der Waals surface area contributed by atoms with E-state index in [0.29, 0.717) is 4.90 Å². The summed E-state index contributed by atoms with van der Waals surface area (Å²) in [5.74, 6) is 0. The Morgan fingerprint density at radius 1 is 0.451 bits per heavy atom. The smallest absolute Gasteiger partial charge is 0.171 e. The molecule has 9 rings (SSSR count). The summed E-state index contributed by atoms with van der Waals surface area (Å²) < 4.78 is 312. The van der Waals surface area contributed by atoms with Crippen LogP contribution in [0.2, 0.25) is 0 Å². The maximum Gasteiger partial charge on any atom is 0.171 e. The van der Waals surface area contributed by atoms with Gasteiger partial charge in [0.15, 0.2) is 7.14 Å². The van der Waals surface area contributed by atoms with Gasteiger partial charge in [0.25, 0.3) is 0 Å². The molecule has 0 atom stereocenters. The van der Waals surface area contributed by atoms with Crippen molar-refractivity contribution in [3.63, 3.8) is 0 Å². The molecule has 0 aliphatic carbocycles. The molecule has 9 aromatic rings. The van der Waals surface area contributed by atoms with E-state index >= 15 is 4.57 Å². The molecule has 0 fully saturated rings. The molecule has 0 saturated carbocycles. The van der Waals surface area contributed by atoms with Gasteiger partial charge in [-0.05, 0) is 53.1 Å². The van der Waals surface area contributed by atoms with E-state index in [4.69, 9.17) is 31.5 Å². The van der Waals surface area contributed by atoms with Gasteiger partial charge in [0, 0.05) is 54.7 Å². The predicted octanol–water partition coefficient (Wildman–Crippen LogP) is 11.3. The van der Waals surface area contributed by atoms with Crippen molar-refractivity contribution in [3.05, 3.63) is 199 Å². The number of nitrogens with zero attached hydrogens (tertiary/aromatic N) is 2. The monoisotopic (exact) mass is 705 g/mol. The van der Waals surface area contributed by atoms with Crippen LogP contribution in [0.1, 0.15) is 45.2 Å². The van der Waals surface area contributed by atoms with Crippen molar-refractivity contribution in [1.29, 1.82) is 0 Å². The summed E-state index contributed by atoms with van der Waals surface area (Å²) in [4.78, 5) is 4.82. The summed E-state index contributed by atoms with van der Waals surface area (Å²) in [5, 5.41) is -8.41. The maximum absolute atomic E-state index is 16.8. The van der Waals surface area contributed by atoms with Crippen LogP contribution in [0.25, 0.3) is 43.7 Å². The van der Waals surface area contributed by atoms with Gasteiger partial charge in [-0.25, -0.2) is 4.98 Å². The minimum atomic E-state index is -6.14. The van der Waals surface area contributed by atoms with E-state index in [1.807, 2.05) is 0 Å². The van der Waals surface area contributed by atoms with Crippen molar-refractivity contribution in [2.45, 2.75) is 0 Å². The van der Waals surface area contributed by atoms with Crippen LogP contribution in [0, 0.1) is 0 Å². The molecule has 51 heavy (non-hydrogen) atoms. The average Bonchev–Trinajstić information content (AvgIpc) is 0.852. The van der Waals surface area contributed by atoms with Crippen molar-refractivity contribution in [2.75, 3.05) is 4.90 Å². The number of fused-ring (bicyclic) bond motifs is 5. The largest absolute Gasteiger partial charge is 0.310 e. The Hall–Kier alpha value is -6.28. The van der Waals surface area contributed by atoms with Crippen LogP contribution in [0.3, 0.4) is 0 Å². The van der Waals surface area contributed by atoms with E-state index in [-0.39, 0.29) is 0 Å². The minimum Gasteiger partial charge on any atom is -0.310 e. The molecule has 0 saturated heterocycles. The molecular formula is C47H33N2OP. The Labute approximate surface area is 343 Å². The van der Waals surface area contributed by atoms with E-state index in [1.54, 1.807) is 0 Å². The lowest BCUT2D eigenvalue weighted by Gasteiger charge is -2.26. The fraction of sp³-hybridized carbons (Fsp3) is 0. The van der Waals surface area contributed by atoms with Gasteiger partial charge >= 0.3 is 0 Å². The molecule has 0 N–H and O–H groups in total. The highest BCUT2D eigenvalue weighted by atomic mass is 31.2. The Bertz CT molecular complexity index is 4390. The van der Waals surface area contributed by atoms with E-state index in [0.717, 1.165) is 0 Å². The summed E-state index contributed by atoms with van der Waals surface area (Å²) in [6.45, 7) is 0. The summed E-state index contributed by atoms with van der Waals surface area (Å²) >= 11 is 0. The SMILES string of the molecule is [2H]c1c([2H])c([2H])c(N(c2c([2H])c([2H])c([2H])c([2H])c2[2H])c2c([2H])c([2H])c3c(nc(-c4c([2H])c([2H])c([2H])c(P(=O)(c5c([2H])c([2H])c([2H])c([2H])c5[2H])c5c([2H])c([2H])c([2H])c([2H])c5[2H])c4[2H])c4c([2H])c([2H])c5c([2H])c([2H])c([2H])c([2H])c5c43)c2[2H])c([2H])c1[2H]. The van der Waals surface area contributed by atoms with Crippen LogP contribution in [0.4, 0.5) is 17.1 Å².